The number of rotatable bonds is 2. The van der Waals surface area contributed by atoms with Crippen LogP contribution in [0.5, 0.6) is 0 Å². The highest BCUT2D eigenvalue weighted by atomic mass is 127. The van der Waals surface area contributed by atoms with Crippen LogP contribution in [0.2, 0.25) is 0 Å². The second-order valence-electron chi connectivity index (χ2n) is 2.89. The van der Waals surface area contributed by atoms with Crippen molar-refractivity contribution >= 4 is 32.6 Å². The molecule has 0 atom stereocenters. The summed E-state index contributed by atoms with van der Waals surface area (Å²) in [5, 5.41) is 4.93. The van der Waals surface area contributed by atoms with E-state index in [9.17, 15) is 8.42 Å². The standard InChI is InChI=1S/C8H10INO2S/c1-6-2-3-7(4-8(6)9)5-13(10,11)12/h2-4H,5H2,1H3,(H2,10,11,12). The van der Waals surface area contributed by atoms with Gasteiger partial charge in [-0.1, -0.05) is 12.1 Å². The molecule has 0 aliphatic heterocycles. The maximum atomic E-state index is 10.8. The molecule has 0 unspecified atom stereocenters. The molecule has 3 nitrogen and oxygen atoms in total. The molecule has 0 aliphatic rings. The zero-order valence-electron chi connectivity index (χ0n) is 7.12. The van der Waals surface area contributed by atoms with E-state index in [1.165, 1.54) is 0 Å². The molecule has 1 aromatic carbocycles. The predicted molar refractivity (Wildman–Crippen MR) is 60.7 cm³/mol. The van der Waals surface area contributed by atoms with Gasteiger partial charge >= 0.3 is 0 Å². The zero-order valence-corrected chi connectivity index (χ0v) is 10.1. The van der Waals surface area contributed by atoms with Crippen LogP contribution in [0.15, 0.2) is 18.2 Å². The molecule has 72 valence electrons. The van der Waals surface area contributed by atoms with Crippen molar-refractivity contribution in [2.45, 2.75) is 12.7 Å². The number of sulfonamides is 1. The Balaban J connectivity index is 2.99. The summed E-state index contributed by atoms with van der Waals surface area (Å²) >= 11 is 2.17. The third-order valence-corrected chi connectivity index (χ3v) is 3.50. The first-order chi connectivity index (χ1) is 5.88. The molecule has 0 fully saturated rings. The van der Waals surface area contributed by atoms with Crippen LogP contribution in [0.1, 0.15) is 11.1 Å². The first-order valence-electron chi connectivity index (χ1n) is 3.64. The minimum atomic E-state index is -3.41. The molecule has 0 amide bonds. The molecule has 0 aliphatic carbocycles. The van der Waals surface area contributed by atoms with Crippen molar-refractivity contribution in [1.29, 1.82) is 0 Å². The topological polar surface area (TPSA) is 60.2 Å². The largest absolute Gasteiger partial charge is 0.228 e. The van der Waals surface area contributed by atoms with Gasteiger partial charge in [0.05, 0.1) is 5.75 Å². The van der Waals surface area contributed by atoms with Crippen LogP contribution < -0.4 is 5.14 Å². The number of hydrogen-bond donors (Lipinski definition) is 1. The fourth-order valence-corrected chi connectivity index (χ4v) is 2.18. The van der Waals surface area contributed by atoms with Gasteiger partial charge in [-0.2, -0.15) is 0 Å². The van der Waals surface area contributed by atoms with Crippen LogP contribution in [0, 0.1) is 10.5 Å². The maximum Gasteiger partial charge on any atom is 0.213 e. The van der Waals surface area contributed by atoms with E-state index in [2.05, 4.69) is 22.6 Å². The van der Waals surface area contributed by atoms with Gasteiger partial charge in [0.15, 0.2) is 0 Å². The Morgan fingerprint density at radius 1 is 1.46 bits per heavy atom. The summed E-state index contributed by atoms with van der Waals surface area (Å²) in [5.74, 6) is -0.0940. The fraction of sp³-hybridized carbons (Fsp3) is 0.250. The SMILES string of the molecule is Cc1ccc(CS(N)(=O)=O)cc1I. The van der Waals surface area contributed by atoms with E-state index >= 15 is 0 Å². The van der Waals surface area contributed by atoms with Crippen molar-refractivity contribution in [1.82, 2.24) is 0 Å². The van der Waals surface area contributed by atoms with Crippen LogP contribution in [-0.2, 0) is 15.8 Å². The minimum absolute atomic E-state index is 0.0940. The Labute approximate surface area is 91.5 Å². The average molecular weight is 311 g/mol. The molecule has 5 heteroatoms. The summed E-state index contributed by atoms with van der Waals surface area (Å²) in [6.45, 7) is 1.97. The zero-order chi connectivity index (χ0) is 10.1. The van der Waals surface area contributed by atoms with E-state index in [0.29, 0.717) is 0 Å². The monoisotopic (exact) mass is 311 g/mol. The molecule has 13 heavy (non-hydrogen) atoms. The predicted octanol–water partition coefficient (Wildman–Crippen LogP) is 1.39. The van der Waals surface area contributed by atoms with Gasteiger partial charge < -0.3 is 0 Å². The Morgan fingerprint density at radius 3 is 2.54 bits per heavy atom. The van der Waals surface area contributed by atoms with E-state index in [1.807, 2.05) is 19.1 Å². The molecule has 0 heterocycles. The van der Waals surface area contributed by atoms with Crippen LogP contribution in [0.4, 0.5) is 0 Å². The van der Waals surface area contributed by atoms with Crippen molar-refractivity contribution < 1.29 is 8.42 Å². The molecule has 1 rings (SSSR count). The molecule has 0 saturated heterocycles. The second-order valence-corrected chi connectivity index (χ2v) is 5.67. The highest BCUT2D eigenvalue weighted by Crippen LogP contribution is 2.14. The summed E-state index contributed by atoms with van der Waals surface area (Å²) < 4.78 is 22.6. The molecular weight excluding hydrogens is 301 g/mol. The summed E-state index contributed by atoms with van der Waals surface area (Å²) in [6.07, 6.45) is 0. The van der Waals surface area contributed by atoms with Gasteiger partial charge in [-0.05, 0) is 46.7 Å². The minimum Gasteiger partial charge on any atom is -0.228 e. The van der Waals surface area contributed by atoms with E-state index in [0.717, 1.165) is 14.7 Å². The molecule has 1 aromatic rings. The highest BCUT2D eigenvalue weighted by molar-refractivity contribution is 14.1. The molecule has 0 radical (unpaired) electrons. The highest BCUT2D eigenvalue weighted by Gasteiger charge is 2.05. The Bertz CT molecular complexity index is 414. The average Bonchev–Trinajstić information content (AvgIpc) is 1.94. The number of aryl methyl sites for hydroxylation is 1. The van der Waals surface area contributed by atoms with Gasteiger partial charge in [-0.25, -0.2) is 13.6 Å². The van der Waals surface area contributed by atoms with Crippen LogP contribution in [0.3, 0.4) is 0 Å². The van der Waals surface area contributed by atoms with E-state index in [-0.39, 0.29) is 5.75 Å². The van der Waals surface area contributed by atoms with Gasteiger partial charge in [0.25, 0.3) is 0 Å². The number of nitrogens with two attached hydrogens (primary N) is 1. The summed E-state index contributed by atoms with van der Waals surface area (Å²) in [5.41, 5.74) is 1.87. The first kappa shape index (κ1) is 10.9. The lowest BCUT2D eigenvalue weighted by molar-refractivity contribution is 0.597. The van der Waals surface area contributed by atoms with Crippen LogP contribution in [0.25, 0.3) is 0 Å². The second kappa shape index (κ2) is 3.93. The number of halogens is 1. The maximum absolute atomic E-state index is 10.8. The van der Waals surface area contributed by atoms with Gasteiger partial charge in [0.1, 0.15) is 0 Å². The lowest BCUT2D eigenvalue weighted by Gasteiger charge is -2.02. The first-order valence-corrected chi connectivity index (χ1v) is 6.43. The Kier molecular flexibility index (Phi) is 3.31. The number of benzene rings is 1. The normalized spacial score (nSPS) is 11.6. The summed E-state index contributed by atoms with van der Waals surface area (Å²) in [7, 11) is -3.41. The number of primary sulfonamides is 1. The molecule has 0 spiro atoms. The van der Waals surface area contributed by atoms with Gasteiger partial charge in [-0.15, -0.1) is 0 Å². The van der Waals surface area contributed by atoms with Crippen molar-refractivity contribution in [2.75, 3.05) is 0 Å². The summed E-state index contributed by atoms with van der Waals surface area (Å²) in [6, 6.07) is 5.50. The fourth-order valence-electron chi connectivity index (χ4n) is 0.958. The van der Waals surface area contributed by atoms with Crippen molar-refractivity contribution in [3.63, 3.8) is 0 Å². The van der Waals surface area contributed by atoms with Gasteiger partial charge in [-0.3, -0.25) is 0 Å². The van der Waals surface area contributed by atoms with Crippen molar-refractivity contribution in [3.05, 3.63) is 32.9 Å². The van der Waals surface area contributed by atoms with Gasteiger partial charge in [0, 0.05) is 3.57 Å². The lowest BCUT2D eigenvalue weighted by Crippen LogP contribution is -2.14. The third-order valence-electron chi connectivity index (χ3n) is 1.60. The quantitative estimate of drug-likeness (QED) is 0.839. The summed E-state index contributed by atoms with van der Waals surface area (Å²) in [4.78, 5) is 0. The molecule has 0 aromatic heterocycles. The molecule has 2 N–H and O–H groups in total. The van der Waals surface area contributed by atoms with Crippen LogP contribution in [-0.4, -0.2) is 8.42 Å². The molecular formula is C8H10INO2S. The Morgan fingerprint density at radius 2 is 2.08 bits per heavy atom. The molecule has 0 bridgehead atoms. The van der Waals surface area contributed by atoms with E-state index in [1.54, 1.807) is 6.07 Å². The smallest absolute Gasteiger partial charge is 0.213 e. The number of hydrogen-bond acceptors (Lipinski definition) is 2. The molecule has 0 saturated carbocycles. The van der Waals surface area contributed by atoms with E-state index in [4.69, 9.17) is 5.14 Å². The van der Waals surface area contributed by atoms with Crippen molar-refractivity contribution in [2.24, 2.45) is 5.14 Å². The lowest BCUT2D eigenvalue weighted by atomic mass is 10.2. The van der Waals surface area contributed by atoms with Gasteiger partial charge in [0.2, 0.25) is 10.0 Å². The van der Waals surface area contributed by atoms with E-state index < -0.39 is 10.0 Å². The Hall–Kier alpha value is -0.140. The van der Waals surface area contributed by atoms with Crippen molar-refractivity contribution in [3.8, 4) is 0 Å². The third kappa shape index (κ3) is 3.61. The van der Waals surface area contributed by atoms with Crippen LogP contribution >= 0.6 is 22.6 Å².